The highest BCUT2D eigenvalue weighted by Crippen LogP contribution is 2.38. The normalized spacial score (nSPS) is 20.5. The highest BCUT2D eigenvalue weighted by molar-refractivity contribution is 6.55. The number of benzene rings is 1. The van der Waals surface area contributed by atoms with Gasteiger partial charge in [-0.15, -0.1) is 0 Å². The fraction of sp³-hybridized carbons (Fsp3) is 0.467. The quantitative estimate of drug-likeness (QED) is 0.689. The van der Waals surface area contributed by atoms with E-state index in [1.807, 2.05) is 27.7 Å². The molecule has 3 nitrogen and oxygen atoms in total. The molecular weight excluding hydrogens is 294 g/mol. The van der Waals surface area contributed by atoms with Crippen molar-refractivity contribution in [3.05, 3.63) is 40.6 Å². The lowest BCUT2D eigenvalue weighted by molar-refractivity contribution is 0.00578. The third-order valence-electron chi connectivity index (χ3n) is 4.20. The lowest BCUT2D eigenvalue weighted by Gasteiger charge is -2.32. The molecule has 0 bridgehead atoms. The number of nitrogens with two attached hydrogens (primary N) is 1. The van der Waals surface area contributed by atoms with Crippen molar-refractivity contribution in [2.75, 3.05) is 6.54 Å². The Balaban J connectivity index is 2.40. The van der Waals surface area contributed by atoms with Gasteiger partial charge in [0.1, 0.15) is 5.82 Å². The van der Waals surface area contributed by atoms with E-state index in [-0.39, 0.29) is 6.54 Å². The van der Waals surface area contributed by atoms with Gasteiger partial charge in [-0.1, -0.05) is 6.08 Å². The molecule has 1 saturated heterocycles. The summed E-state index contributed by atoms with van der Waals surface area (Å²) in [6, 6.07) is 1.60. The summed E-state index contributed by atoms with van der Waals surface area (Å²) in [5.74, 6) is -3.26. The fourth-order valence-corrected chi connectivity index (χ4v) is 2.08. The topological polar surface area (TPSA) is 44.5 Å². The molecule has 120 valence electrons. The third-order valence-corrected chi connectivity index (χ3v) is 4.20. The van der Waals surface area contributed by atoms with Crippen LogP contribution in [-0.4, -0.2) is 24.9 Å². The van der Waals surface area contributed by atoms with Crippen LogP contribution in [0, 0.1) is 17.5 Å². The summed E-state index contributed by atoms with van der Waals surface area (Å²) in [5, 5.41) is 0. The molecule has 1 aliphatic heterocycles. The summed E-state index contributed by atoms with van der Waals surface area (Å²) in [6.07, 6.45) is 1.15. The summed E-state index contributed by atoms with van der Waals surface area (Å²) in [7, 11) is -0.836. The summed E-state index contributed by atoms with van der Waals surface area (Å²) in [5.41, 5.74) is 4.28. The van der Waals surface area contributed by atoms with E-state index >= 15 is 0 Å². The first-order valence-corrected chi connectivity index (χ1v) is 6.99. The first kappa shape index (κ1) is 17.1. The van der Waals surface area contributed by atoms with E-state index < -0.39 is 41.3 Å². The average Bonchev–Trinajstić information content (AvgIpc) is 2.63. The Morgan fingerprint density at radius 2 is 1.59 bits per heavy atom. The smallest absolute Gasteiger partial charge is 0.400 e. The molecule has 2 N–H and O–H groups in total. The third kappa shape index (κ3) is 2.93. The maximum absolute atomic E-state index is 13.8. The van der Waals surface area contributed by atoms with Crippen molar-refractivity contribution in [1.82, 2.24) is 0 Å². The van der Waals surface area contributed by atoms with Crippen molar-refractivity contribution in [2.24, 2.45) is 5.73 Å². The van der Waals surface area contributed by atoms with E-state index in [1.54, 1.807) is 0 Å². The predicted molar refractivity (Wildman–Crippen MR) is 79.4 cm³/mol. The van der Waals surface area contributed by atoms with Gasteiger partial charge in [0.25, 0.3) is 0 Å². The number of rotatable bonds is 3. The van der Waals surface area contributed by atoms with Crippen LogP contribution in [-0.2, 0) is 9.31 Å². The first-order valence-electron chi connectivity index (χ1n) is 6.99. The van der Waals surface area contributed by atoms with E-state index in [9.17, 15) is 13.2 Å². The van der Waals surface area contributed by atoms with Crippen molar-refractivity contribution >= 4 is 13.2 Å². The second-order valence-electron chi connectivity index (χ2n) is 6.27. The van der Waals surface area contributed by atoms with Gasteiger partial charge in [-0.05, 0) is 45.3 Å². The maximum Gasteiger partial charge on any atom is 0.491 e. The van der Waals surface area contributed by atoms with Crippen LogP contribution < -0.4 is 5.73 Å². The average molecular weight is 313 g/mol. The minimum atomic E-state index is -1.26. The number of halogens is 3. The van der Waals surface area contributed by atoms with Crippen molar-refractivity contribution in [2.45, 2.75) is 38.9 Å². The summed E-state index contributed by atoms with van der Waals surface area (Å²) < 4.78 is 52.4. The van der Waals surface area contributed by atoms with Gasteiger partial charge >= 0.3 is 7.12 Å². The van der Waals surface area contributed by atoms with Gasteiger partial charge in [-0.2, -0.15) is 0 Å². The van der Waals surface area contributed by atoms with Crippen molar-refractivity contribution in [3.63, 3.8) is 0 Å². The van der Waals surface area contributed by atoms with Gasteiger partial charge in [0.2, 0.25) is 0 Å². The zero-order valence-electron chi connectivity index (χ0n) is 13.0. The number of hydrogen-bond acceptors (Lipinski definition) is 3. The van der Waals surface area contributed by atoms with Gasteiger partial charge in [-0.3, -0.25) is 0 Å². The van der Waals surface area contributed by atoms with Gasteiger partial charge in [0.15, 0.2) is 11.6 Å². The molecule has 0 spiro atoms. The van der Waals surface area contributed by atoms with E-state index in [4.69, 9.17) is 15.0 Å². The van der Waals surface area contributed by atoms with E-state index in [1.165, 1.54) is 0 Å². The Hall–Kier alpha value is -1.31. The van der Waals surface area contributed by atoms with Crippen LogP contribution >= 0.6 is 0 Å². The standard InChI is InChI=1S/C15H19BF3NO2/c1-14(2)15(3,4)22-16(21-14)9(8-20)7-10-11(17)5-6-12(18)13(10)19/h5-7H,8,20H2,1-4H3. The van der Waals surface area contributed by atoms with Crippen LogP contribution in [0.1, 0.15) is 33.3 Å². The highest BCUT2D eigenvalue weighted by Gasteiger charge is 2.52. The molecule has 0 unspecified atom stereocenters. The van der Waals surface area contributed by atoms with Gasteiger partial charge in [-0.25, -0.2) is 13.2 Å². The second-order valence-corrected chi connectivity index (χ2v) is 6.27. The maximum atomic E-state index is 13.8. The molecule has 1 aromatic carbocycles. The molecule has 1 aliphatic rings. The summed E-state index contributed by atoms with van der Waals surface area (Å²) >= 11 is 0. The Bertz CT molecular complexity index is 601. The molecule has 1 fully saturated rings. The van der Waals surface area contributed by atoms with Crippen LogP contribution in [0.25, 0.3) is 6.08 Å². The van der Waals surface area contributed by atoms with E-state index in [2.05, 4.69) is 0 Å². The monoisotopic (exact) mass is 313 g/mol. The summed E-state index contributed by atoms with van der Waals surface area (Å²) in [4.78, 5) is 0. The van der Waals surface area contributed by atoms with Gasteiger partial charge < -0.3 is 15.0 Å². The molecule has 0 amide bonds. The molecule has 0 aromatic heterocycles. The minimum Gasteiger partial charge on any atom is -0.400 e. The molecule has 0 atom stereocenters. The fourth-order valence-electron chi connectivity index (χ4n) is 2.08. The Morgan fingerprint density at radius 1 is 1.09 bits per heavy atom. The predicted octanol–water partition coefficient (Wildman–Crippen LogP) is 3.08. The zero-order valence-corrected chi connectivity index (χ0v) is 13.0. The van der Waals surface area contributed by atoms with Crippen molar-refractivity contribution in [1.29, 1.82) is 0 Å². The zero-order chi connectivity index (χ0) is 16.7. The van der Waals surface area contributed by atoms with Gasteiger partial charge in [0.05, 0.1) is 11.2 Å². The van der Waals surface area contributed by atoms with E-state index in [0.29, 0.717) is 5.47 Å². The molecule has 7 heteroatoms. The number of hydrogen-bond donors (Lipinski definition) is 1. The molecule has 0 radical (unpaired) electrons. The molecule has 0 saturated carbocycles. The molecule has 1 aromatic rings. The van der Waals surface area contributed by atoms with Crippen molar-refractivity contribution in [3.8, 4) is 0 Å². The highest BCUT2D eigenvalue weighted by atomic mass is 19.2. The lowest BCUT2D eigenvalue weighted by atomic mass is 9.77. The Morgan fingerprint density at radius 3 is 2.09 bits per heavy atom. The van der Waals surface area contributed by atoms with Gasteiger partial charge in [0, 0.05) is 12.1 Å². The van der Waals surface area contributed by atoms with E-state index in [0.717, 1.165) is 18.2 Å². The second kappa shape index (κ2) is 5.72. The van der Waals surface area contributed by atoms with Crippen molar-refractivity contribution < 1.29 is 22.5 Å². The Kier molecular flexibility index (Phi) is 4.43. The van der Waals surface area contributed by atoms with Crippen LogP contribution in [0.2, 0.25) is 0 Å². The lowest BCUT2D eigenvalue weighted by Crippen LogP contribution is -2.41. The minimum absolute atomic E-state index is 0.0355. The molecular formula is C15H19BF3NO2. The largest absolute Gasteiger partial charge is 0.491 e. The molecule has 22 heavy (non-hydrogen) atoms. The molecule has 2 rings (SSSR count). The SMILES string of the molecule is CC1(C)OB(C(=Cc2c(F)ccc(F)c2F)CN)OC1(C)C. The van der Waals surface area contributed by atoms with Crippen LogP contribution in [0.5, 0.6) is 0 Å². The Labute approximate surface area is 128 Å². The van der Waals surface area contributed by atoms with Crippen LogP contribution in [0.3, 0.4) is 0 Å². The first-order chi connectivity index (χ1) is 10.1. The molecule has 1 heterocycles. The van der Waals surface area contributed by atoms with Crippen LogP contribution in [0.15, 0.2) is 17.6 Å². The molecule has 0 aliphatic carbocycles. The van der Waals surface area contributed by atoms with Crippen LogP contribution in [0.4, 0.5) is 13.2 Å². The summed E-state index contributed by atoms with van der Waals surface area (Å²) in [6.45, 7) is 7.37.